The number of benzene rings is 1. The summed E-state index contributed by atoms with van der Waals surface area (Å²) in [6, 6.07) is 17.9. The Balaban J connectivity index is 1.60. The molecule has 29 heavy (non-hydrogen) atoms. The van der Waals surface area contributed by atoms with Crippen molar-refractivity contribution >= 4 is 18.0 Å². The van der Waals surface area contributed by atoms with Crippen LogP contribution in [-0.4, -0.2) is 26.8 Å². The van der Waals surface area contributed by atoms with Gasteiger partial charge in [-0.15, -0.1) is 0 Å². The molecule has 1 aromatic carbocycles. The number of urea groups is 1. The van der Waals surface area contributed by atoms with E-state index >= 15 is 0 Å². The molecule has 7 heteroatoms. The summed E-state index contributed by atoms with van der Waals surface area (Å²) in [4.78, 5) is 34.5. The molecule has 1 saturated heterocycles. The number of rotatable bonds is 6. The number of amides is 3. The van der Waals surface area contributed by atoms with Crippen LogP contribution in [0.2, 0.25) is 0 Å². The first-order chi connectivity index (χ1) is 14.2. The van der Waals surface area contributed by atoms with Crippen molar-refractivity contribution in [3.63, 3.8) is 0 Å². The fraction of sp³-hybridized carbons (Fsp3) is 0.0909. The van der Waals surface area contributed by atoms with Gasteiger partial charge in [-0.3, -0.25) is 25.0 Å². The monoisotopic (exact) mass is 386 g/mol. The lowest BCUT2D eigenvalue weighted by atomic mass is 10.1. The van der Waals surface area contributed by atoms with Crippen LogP contribution < -0.4 is 10.1 Å². The van der Waals surface area contributed by atoms with Crippen LogP contribution in [0, 0.1) is 0 Å². The second kappa shape index (κ2) is 8.35. The number of hydrogen-bond acceptors (Lipinski definition) is 5. The third kappa shape index (κ3) is 4.30. The van der Waals surface area contributed by atoms with Crippen molar-refractivity contribution in [3.05, 3.63) is 95.7 Å². The number of para-hydroxylation sites is 1. The normalized spacial score (nSPS) is 14.9. The summed E-state index contributed by atoms with van der Waals surface area (Å²) < 4.78 is 5.89. The summed E-state index contributed by atoms with van der Waals surface area (Å²) in [5.74, 6) is 0.140. The maximum atomic E-state index is 12.4. The molecule has 3 heterocycles. The van der Waals surface area contributed by atoms with E-state index in [1.807, 2.05) is 48.5 Å². The highest BCUT2D eigenvalue weighted by Crippen LogP contribution is 2.25. The van der Waals surface area contributed by atoms with Crippen molar-refractivity contribution < 1.29 is 14.3 Å². The second-order valence-corrected chi connectivity index (χ2v) is 6.34. The number of nitrogens with zero attached hydrogens (tertiary/aromatic N) is 3. The quantitative estimate of drug-likeness (QED) is 0.520. The summed E-state index contributed by atoms with van der Waals surface area (Å²) in [6.07, 6.45) is 5.00. The number of carbonyl (C=O) groups is 2. The molecule has 1 N–H and O–H groups in total. The van der Waals surface area contributed by atoms with Gasteiger partial charge in [-0.25, -0.2) is 4.79 Å². The van der Waals surface area contributed by atoms with E-state index in [1.54, 1.807) is 30.6 Å². The van der Waals surface area contributed by atoms with Gasteiger partial charge in [-0.1, -0.05) is 30.3 Å². The Morgan fingerprint density at radius 2 is 1.59 bits per heavy atom. The molecular formula is C22H18N4O3. The average Bonchev–Trinajstić information content (AvgIpc) is 3.01. The van der Waals surface area contributed by atoms with Crippen molar-refractivity contribution in [2.45, 2.75) is 13.2 Å². The number of hydrogen-bond donors (Lipinski definition) is 1. The van der Waals surface area contributed by atoms with Gasteiger partial charge in [0.05, 0.1) is 17.9 Å². The smallest absolute Gasteiger partial charge is 0.329 e. The molecule has 7 nitrogen and oxygen atoms in total. The number of imide groups is 1. The van der Waals surface area contributed by atoms with Crippen LogP contribution in [0.25, 0.3) is 6.08 Å². The molecule has 0 atom stereocenters. The highest BCUT2D eigenvalue weighted by atomic mass is 16.5. The first-order valence-corrected chi connectivity index (χ1v) is 9.07. The third-order valence-electron chi connectivity index (χ3n) is 4.35. The van der Waals surface area contributed by atoms with Gasteiger partial charge >= 0.3 is 6.03 Å². The van der Waals surface area contributed by atoms with Crippen LogP contribution in [0.15, 0.2) is 78.8 Å². The van der Waals surface area contributed by atoms with E-state index in [0.717, 1.165) is 5.69 Å². The van der Waals surface area contributed by atoms with Gasteiger partial charge in [-0.2, -0.15) is 0 Å². The van der Waals surface area contributed by atoms with Gasteiger partial charge in [0.15, 0.2) is 0 Å². The predicted octanol–water partition coefficient (Wildman–Crippen LogP) is 3.15. The van der Waals surface area contributed by atoms with Crippen LogP contribution in [-0.2, 0) is 17.9 Å². The summed E-state index contributed by atoms with van der Waals surface area (Å²) in [5, 5.41) is 2.34. The summed E-state index contributed by atoms with van der Waals surface area (Å²) in [7, 11) is 0. The maximum absolute atomic E-state index is 12.4. The molecule has 1 fully saturated rings. The number of nitrogens with one attached hydrogen (secondary N) is 1. The van der Waals surface area contributed by atoms with Crippen molar-refractivity contribution in [2.75, 3.05) is 0 Å². The van der Waals surface area contributed by atoms with E-state index in [0.29, 0.717) is 23.6 Å². The number of carbonyl (C=O) groups excluding carboxylic acids is 2. The van der Waals surface area contributed by atoms with Crippen molar-refractivity contribution in [1.82, 2.24) is 20.2 Å². The number of aromatic nitrogens is 2. The molecule has 0 saturated carbocycles. The zero-order valence-corrected chi connectivity index (χ0v) is 15.5. The topological polar surface area (TPSA) is 84.4 Å². The first-order valence-electron chi connectivity index (χ1n) is 9.07. The average molecular weight is 386 g/mol. The Morgan fingerprint density at radius 3 is 2.31 bits per heavy atom. The predicted molar refractivity (Wildman–Crippen MR) is 106 cm³/mol. The Kier molecular flexibility index (Phi) is 5.29. The molecule has 0 bridgehead atoms. The van der Waals surface area contributed by atoms with Gasteiger partial charge in [0.25, 0.3) is 5.91 Å². The summed E-state index contributed by atoms with van der Waals surface area (Å²) >= 11 is 0. The minimum atomic E-state index is -0.473. The Hall–Kier alpha value is -4.00. The van der Waals surface area contributed by atoms with Gasteiger partial charge < -0.3 is 4.74 Å². The second-order valence-electron chi connectivity index (χ2n) is 6.34. The van der Waals surface area contributed by atoms with E-state index < -0.39 is 11.9 Å². The van der Waals surface area contributed by atoms with Crippen LogP contribution in [0.3, 0.4) is 0 Å². The van der Waals surface area contributed by atoms with E-state index in [4.69, 9.17) is 4.74 Å². The van der Waals surface area contributed by atoms with Crippen molar-refractivity contribution in [3.8, 4) is 5.75 Å². The lowest BCUT2D eigenvalue weighted by molar-refractivity contribution is -0.116. The molecule has 3 aromatic rings. The van der Waals surface area contributed by atoms with E-state index in [2.05, 4.69) is 15.3 Å². The molecule has 1 aliphatic heterocycles. The van der Waals surface area contributed by atoms with Crippen molar-refractivity contribution in [2.24, 2.45) is 0 Å². The Bertz CT molecular complexity index is 1050. The molecule has 0 aliphatic carbocycles. The highest BCUT2D eigenvalue weighted by molar-refractivity contribution is 6.14. The van der Waals surface area contributed by atoms with Crippen molar-refractivity contribution in [1.29, 1.82) is 0 Å². The molecular weight excluding hydrogens is 368 g/mol. The van der Waals surface area contributed by atoms with E-state index in [-0.39, 0.29) is 12.2 Å². The maximum Gasteiger partial charge on any atom is 0.329 e. The summed E-state index contributed by atoms with van der Waals surface area (Å²) in [6.45, 7) is 0.491. The van der Waals surface area contributed by atoms with Gasteiger partial charge in [0, 0.05) is 18.0 Å². The molecule has 0 unspecified atom stereocenters. The van der Waals surface area contributed by atoms with Crippen LogP contribution in [0.4, 0.5) is 4.79 Å². The van der Waals surface area contributed by atoms with Crippen LogP contribution in [0.1, 0.15) is 17.0 Å². The number of ether oxygens (including phenoxy) is 1. The molecule has 3 amide bonds. The fourth-order valence-electron chi connectivity index (χ4n) is 2.93. The molecule has 144 valence electrons. The lowest BCUT2D eigenvalue weighted by Crippen LogP contribution is -2.27. The van der Waals surface area contributed by atoms with Gasteiger partial charge in [0.2, 0.25) is 0 Å². The first kappa shape index (κ1) is 18.4. The molecule has 0 spiro atoms. The van der Waals surface area contributed by atoms with Gasteiger partial charge in [-0.05, 0) is 36.4 Å². The molecule has 2 aromatic heterocycles. The zero-order chi connectivity index (χ0) is 20.1. The SMILES string of the molecule is O=C1NC(=O)N(Cc2ccccn2)/C1=C/c1ccccc1OCc1ccccn1. The minimum Gasteiger partial charge on any atom is -0.487 e. The minimum absolute atomic E-state index is 0.196. The lowest BCUT2D eigenvalue weighted by Gasteiger charge is -2.15. The highest BCUT2D eigenvalue weighted by Gasteiger charge is 2.33. The molecule has 4 rings (SSSR count). The van der Waals surface area contributed by atoms with Crippen LogP contribution in [0.5, 0.6) is 5.75 Å². The molecule has 0 radical (unpaired) electrons. The van der Waals surface area contributed by atoms with Gasteiger partial charge in [0.1, 0.15) is 18.1 Å². The Labute approximate surface area is 167 Å². The fourth-order valence-corrected chi connectivity index (χ4v) is 2.93. The zero-order valence-electron chi connectivity index (χ0n) is 15.5. The van der Waals surface area contributed by atoms with E-state index in [9.17, 15) is 9.59 Å². The molecule has 1 aliphatic rings. The largest absolute Gasteiger partial charge is 0.487 e. The van der Waals surface area contributed by atoms with Crippen LogP contribution >= 0.6 is 0 Å². The summed E-state index contributed by atoms with van der Waals surface area (Å²) in [5.41, 5.74) is 2.41. The number of pyridine rings is 2. The van der Waals surface area contributed by atoms with E-state index in [1.165, 1.54) is 4.90 Å². The standard InChI is InChI=1S/C22H18N4O3/c27-21-19(26(22(28)25-21)14-17-8-3-5-11-23-17)13-16-7-1-2-10-20(16)29-15-18-9-4-6-12-24-18/h1-13H,14-15H2,(H,25,27,28)/b19-13+. The Morgan fingerprint density at radius 1 is 0.897 bits per heavy atom. The third-order valence-corrected chi connectivity index (χ3v) is 4.35.